The Morgan fingerprint density at radius 1 is 1.29 bits per heavy atom. The summed E-state index contributed by atoms with van der Waals surface area (Å²) in [5.41, 5.74) is 0.346. The maximum Gasteiger partial charge on any atom is 0.250 e. The van der Waals surface area contributed by atoms with Gasteiger partial charge in [0.25, 0.3) is 0 Å². The Balaban J connectivity index is 1.86. The lowest BCUT2D eigenvalue weighted by Gasteiger charge is -2.25. The van der Waals surface area contributed by atoms with Crippen molar-refractivity contribution >= 4 is 21.4 Å². The fourth-order valence-electron chi connectivity index (χ4n) is 2.92. The van der Waals surface area contributed by atoms with E-state index in [9.17, 15) is 13.5 Å². The van der Waals surface area contributed by atoms with Crippen molar-refractivity contribution in [3.8, 4) is 11.5 Å². The molecule has 1 aromatic heterocycles. The van der Waals surface area contributed by atoms with E-state index >= 15 is 0 Å². The Bertz CT molecular complexity index is 832. The van der Waals surface area contributed by atoms with Gasteiger partial charge in [0.1, 0.15) is 9.81 Å². The standard InChI is InChI=1S/C16H19NO5S2/c1-21-13-8-11-5-6-16(18,12(11)9-14(13)22-2)10-17-24(19,20)15-4-3-7-23-15/h3-4,7-9,17-18H,5-6,10H2,1-2H3. The van der Waals surface area contributed by atoms with E-state index in [2.05, 4.69) is 4.72 Å². The Hall–Kier alpha value is -1.61. The van der Waals surface area contributed by atoms with Crippen molar-refractivity contribution in [1.29, 1.82) is 0 Å². The lowest BCUT2D eigenvalue weighted by molar-refractivity contribution is 0.0440. The number of rotatable bonds is 6. The van der Waals surface area contributed by atoms with Crippen molar-refractivity contribution in [1.82, 2.24) is 4.72 Å². The van der Waals surface area contributed by atoms with E-state index in [1.807, 2.05) is 6.07 Å². The third-order valence-electron chi connectivity index (χ3n) is 4.23. The second-order valence-electron chi connectivity index (χ2n) is 5.65. The molecule has 0 spiro atoms. The first-order chi connectivity index (χ1) is 11.4. The van der Waals surface area contributed by atoms with Crippen LogP contribution in [0.1, 0.15) is 17.5 Å². The van der Waals surface area contributed by atoms with E-state index in [1.54, 1.807) is 24.6 Å². The van der Waals surface area contributed by atoms with E-state index in [-0.39, 0.29) is 10.8 Å². The SMILES string of the molecule is COc1cc2c(cc1OC)C(O)(CNS(=O)(=O)c1cccs1)CC2. The van der Waals surface area contributed by atoms with Gasteiger partial charge in [0, 0.05) is 6.54 Å². The summed E-state index contributed by atoms with van der Waals surface area (Å²) < 4.78 is 37.8. The number of fused-ring (bicyclic) bond motifs is 1. The number of hydrogen-bond acceptors (Lipinski definition) is 6. The van der Waals surface area contributed by atoms with Crippen LogP contribution in [0.15, 0.2) is 33.9 Å². The maximum absolute atomic E-state index is 12.3. The van der Waals surface area contributed by atoms with Crippen LogP contribution in [0.4, 0.5) is 0 Å². The summed E-state index contributed by atoms with van der Waals surface area (Å²) in [5, 5.41) is 12.7. The Kier molecular flexibility index (Phi) is 4.56. The van der Waals surface area contributed by atoms with Gasteiger partial charge in [0.15, 0.2) is 11.5 Å². The quantitative estimate of drug-likeness (QED) is 0.812. The molecule has 0 amide bonds. The predicted octanol–water partition coefficient (Wildman–Crippen LogP) is 1.88. The number of methoxy groups -OCH3 is 2. The summed E-state index contributed by atoms with van der Waals surface area (Å²) in [7, 11) is -0.539. The van der Waals surface area contributed by atoms with Gasteiger partial charge in [0.2, 0.25) is 10.0 Å². The molecule has 0 saturated heterocycles. The zero-order chi connectivity index (χ0) is 17.4. The van der Waals surface area contributed by atoms with Gasteiger partial charge >= 0.3 is 0 Å². The largest absolute Gasteiger partial charge is 0.493 e. The molecule has 0 radical (unpaired) electrons. The van der Waals surface area contributed by atoms with Crippen LogP contribution in [-0.2, 0) is 22.0 Å². The molecule has 1 aliphatic carbocycles. The minimum absolute atomic E-state index is 0.0876. The molecular weight excluding hydrogens is 350 g/mol. The van der Waals surface area contributed by atoms with Crippen LogP contribution in [0.5, 0.6) is 11.5 Å². The normalized spacial score (nSPS) is 20.0. The molecule has 3 rings (SSSR count). The summed E-state index contributed by atoms with van der Waals surface area (Å²) in [6.07, 6.45) is 1.08. The lowest BCUT2D eigenvalue weighted by atomic mass is 9.96. The van der Waals surface area contributed by atoms with E-state index < -0.39 is 15.6 Å². The van der Waals surface area contributed by atoms with Crippen LogP contribution in [0.3, 0.4) is 0 Å². The second-order valence-corrected chi connectivity index (χ2v) is 8.59. The molecule has 2 N–H and O–H groups in total. The van der Waals surface area contributed by atoms with Crippen molar-refractivity contribution in [2.24, 2.45) is 0 Å². The molecule has 1 heterocycles. The zero-order valence-electron chi connectivity index (χ0n) is 13.4. The van der Waals surface area contributed by atoms with E-state index in [4.69, 9.17) is 9.47 Å². The Morgan fingerprint density at radius 2 is 2.00 bits per heavy atom. The van der Waals surface area contributed by atoms with Crippen molar-refractivity contribution in [2.45, 2.75) is 22.7 Å². The summed E-state index contributed by atoms with van der Waals surface area (Å²) >= 11 is 1.14. The molecule has 0 bridgehead atoms. The number of benzene rings is 1. The summed E-state index contributed by atoms with van der Waals surface area (Å²) in [6, 6.07) is 6.77. The minimum atomic E-state index is -3.62. The van der Waals surface area contributed by atoms with Gasteiger partial charge < -0.3 is 14.6 Å². The van der Waals surface area contributed by atoms with Crippen LogP contribution in [-0.4, -0.2) is 34.3 Å². The number of hydrogen-bond donors (Lipinski definition) is 2. The fourth-order valence-corrected chi connectivity index (χ4v) is 5.05. The first-order valence-corrected chi connectivity index (χ1v) is 9.77. The summed E-state index contributed by atoms with van der Waals surface area (Å²) in [4.78, 5) is 0. The molecule has 8 heteroatoms. The number of aliphatic hydroxyl groups is 1. The smallest absolute Gasteiger partial charge is 0.250 e. The number of ether oxygens (including phenoxy) is 2. The van der Waals surface area contributed by atoms with E-state index in [0.717, 1.165) is 16.9 Å². The highest BCUT2D eigenvalue weighted by Gasteiger charge is 2.39. The highest BCUT2D eigenvalue weighted by Crippen LogP contribution is 2.42. The first-order valence-electron chi connectivity index (χ1n) is 7.40. The third kappa shape index (κ3) is 3.02. The highest BCUT2D eigenvalue weighted by molar-refractivity contribution is 7.91. The maximum atomic E-state index is 12.3. The number of nitrogens with one attached hydrogen (secondary N) is 1. The van der Waals surface area contributed by atoms with Crippen molar-refractivity contribution < 1.29 is 23.0 Å². The molecule has 6 nitrogen and oxygen atoms in total. The first kappa shape index (κ1) is 17.2. The van der Waals surface area contributed by atoms with Gasteiger partial charge in [-0.1, -0.05) is 6.07 Å². The average molecular weight is 369 g/mol. The Labute approximate surface area is 145 Å². The number of sulfonamides is 1. The van der Waals surface area contributed by atoms with Gasteiger partial charge in [-0.15, -0.1) is 11.3 Å². The summed E-state index contributed by atoms with van der Waals surface area (Å²) in [5.74, 6) is 1.11. The molecule has 1 aliphatic rings. The van der Waals surface area contributed by atoms with Gasteiger partial charge in [-0.25, -0.2) is 13.1 Å². The van der Waals surface area contributed by atoms with Crippen LogP contribution < -0.4 is 14.2 Å². The molecule has 1 aromatic carbocycles. The highest BCUT2D eigenvalue weighted by atomic mass is 32.2. The topological polar surface area (TPSA) is 84.9 Å². The number of thiophene rings is 1. The van der Waals surface area contributed by atoms with Crippen LogP contribution in [0, 0.1) is 0 Å². The van der Waals surface area contributed by atoms with Gasteiger partial charge in [0.05, 0.1) is 14.2 Å². The van der Waals surface area contributed by atoms with Gasteiger partial charge in [-0.2, -0.15) is 0 Å². The second kappa shape index (κ2) is 6.36. The minimum Gasteiger partial charge on any atom is -0.493 e. The molecular formula is C16H19NO5S2. The molecule has 130 valence electrons. The van der Waals surface area contributed by atoms with Crippen LogP contribution >= 0.6 is 11.3 Å². The predicted molar refractivity (Wildman–Crippen MR) is 91.3 cm³/mol. The molecule has 0 aliphatic heterocycles. The molecule has 2 aromatic rings. The molecule has 1 atom stereocenters. The van der Waals surface area contributed by atoms with Gasteiger partial charge in [-0.3, -0.25) is 0 Å². The zero-order valence-corrected chi connectivity index (χ0v) is 15.0. The van der Waals surface area contributed by atoms with Gasteiger partial charge in [-0.05, 0) is 47.5 Å². The van der Waals surface area contributed by atoms with Crippen molar-refractivity contribution in [3.05, 3.63) is 40.8 Å². The van der Waals surface area contributed by atoms with E-state index in [0.29, 0.717) is 29.9 Å². The van der Waals surface area contributed by atoms with Crippen LogP contribution in [0.2, 0.25) is 0 Å². The Morgan fingerprint density at radius 3 is 2.62 bits per heavy atom. The van der Waals surface area contributed by atoms with Crippen LogP contribution in [0.25, 0.3) is 0 Å². The molecule has 24 heavy (non-hydrogen) atoms. The summed E-state index contributed by atoms with van der Waals surface area (Å²) in [6.45, 7) is -0.0876. The fraction of sp³-hybridized carbons (Fsp3) is 0.375. The third-order valence-corrected chi connectivity index (χ3v) is 7.03. The average Bonchev–Trinajstić information content (AvgIpc) is 3.22. The number of aryl methyl sites for hydroxylation is 1. The molecule has 0 saturated carbocycles. The lowest BCUT2D eigenvalue weighted by Crippen LogP contribution is -2.39. The molecule has 1 unspecified atom stereocenters. The van der Waals surface area contributed by atoms with Crippen molar-refractivity contribution in [2.75, 3.05) is 20.8 Å². The van der Waals surface area contributed by atoms with Crippen molar-refractivity contribution in [3.63, 3.8) is 0 Å². The molecule has 0 fully saturated rings. The van der Waals surface area contributed by atoms with E-state index in [1.165, 1.54) is 13.2 Å². The monoisotopic (exact) mass is 369 g/mol.